The highest BCUT2D eigenvalue weighted by Gasteiger charge is 2.47. The summed E-state index contributed by atoms with van der Waals surface area (Å²) in [5.41, 5.74) is -0.527. The average Bonchev–Trinajstić information content (AvgIpc) is 2.54. The van der Waals surface area contributed by atoms with Crippen molar-refractivity contribution < 1.29 is 18.0 Å². The first-order valence-electron chi connectivity index (χ1n) is 5.45. The van der Waals surface area contributed by atoms with Crippen LogP contribution in [0, 0.1) is 13.8 Å². The molecule has 0 bridgehead atoms. The normalized spacial score (nSPS) is 20.2. The van der Waals surface area contributed by atoms with Gasteiger partial charge in [0.15, 0.2) is 5.76 Å². The van der Waals surface area contributed by atoms with Crippen LogP contribution in [0.2, 0.25) is 0 Å². The lowest BCUT2D eigenvalue weighted by Gasteiger charge is -2.44. The van der Waals surface area contributed by atoms with Crippen LogP contribution < -0.4 is 0 Å². The summed E-state index contributed by atoms with van der Waals surface area (Å²) in [7, 11) is -3.58. The Morgan fingerprint density at radius 3 is 2.47 bits per heavy atom. The fraction of sp³-hybridized carbons (Fsp3) is 0.700. The lowest BCUT2D eigenvalue weighted by Crippen LogP contribution is -2.62. The van der Waals surface area contributed by atoms with Crippen LogP contribution in [0.4, 0.5) is 0 Å². The van der Waals surface area contributed by atoms with Gasteiger partial charge >= 0.3 is 0 Å². The third-order valence-electron chi connectivity index (χ3n) is 3.17. The molecule has 1 aliphatic rings. The summed E-state index contributed by atoms with van der Waals surface area (Å²) < 4.78 is 30.6. The molecule has 0 spiro atoms. The van der Waals surface area contributed by atoms with Crippen molar-refractivity contribution in [3.05, 3.63) is 11.5 Å². The minimum Gasteiger partial charge on any atom is -0.387 e. The Kier molecular flexibility index (Phi) is 2.80. The van der Waals surface area contributed by atoms with Gasteiger partial charge in [-0.25, -0.2) is 8.42 Å². The van der Waals surface area contributed by atoms with Crippen LogP contribution in [-0.4, -0.2) is 41.7 Å². The number of rotatable bonds is 3. The first-order valence-corrected chi connectivity index (χ1v) is 6.89. The molecular formula is C10H16N2O4S. The van der Waals surface area contributed by atoms with Crippen molar-refractivity contribution in [1.82, 2.24) is 9.46 Å². The molecule has 0 saturated carbocycles. The van der Waals surface area contributed by atoms with Crippen LogP contribution in [0.5, 0.6) is 0 Å². The Bertz CT molecular complexity index is 509. The summed E-state index contributed by atoms with van der Waals surface area (Å²) in [6.45, 7) is 5.26. The molecule has 0 amide bonds. The van der Waals surface area contributed by atoms with Gasteiger partial charge in [-0.1, -0.05) is 12.1 Å². The van der Waals surface area contributed by atoms with Gasteiger partial charge in [0, 0.05) is 13.1 Å². The molecule has 0 aliphatic carbocycles. The predicted octanol–water partition coefficient (Wildman–Crippen LogP) is 0.437. The molecule has 2 heterocycles. The molecule has 0 aromatic carbocycles. The SMILES string of the molecule is CCC1(O)CN(S(=O)(=O)c2c(C)noc2C)C1. The zero-order chi connectivity index (χ0) is 12.8. The molecule has 0 radical (unpaired) electrons. The summed E-state index contributed by atoms with van der Waals surface area (Å²) >= 11 is 0. The molecule has 7 heteroatoms. The standard InChI is InChI=1S/C10H16N2O4S/c1-4-10(13)5-12(6-10)17(14,15)9-7(2)11-16-8(9)3/h13H,4-6H2,1-3H3. The number of hydrogen-bond acceptors (Lipinski definition) is 5. The Labute approximate surface area is 100 Å². The number of aliphatic hydroxyl groups is 1. The number of aryl methyl sites for hydroxylation is 2. The quantitative estimate of drug-likeness (QED) is 0.852. The average molecular weight is 260 g/mol. The third-order valence-corrected chi connectivity index (χ3v) is 5.20. The third kappa shape index (κ3) is 1.88. The largest absolute Gasteiger partial charge is 0.387 e. The van der Waals surface area contributed by atoms with E-state index in [-0.39, 0.29) is 23.7 Å². The first kappa shape index (κ1) is 12.5. The molecule has 1 saturated heterocycles. The maximum atomic E-state index is 12.2. The summed E-state index contributed by atoms with van der Waals surface area (Å²) in [5.74, 6) is 0.287. The number of aromatic nitrogens is 1. The zero-order valence-corrected chi connectivity index (χ0v) is 10.9. The van der Waals surface area contributed by atoms with Crippen molar-refractivity contribution >= 4 is 10.0 Å². The molecule has 1 aromatic rings. The predicted molar refractivity (Wildman–Crippen MR) is 60.0 cm³/mol. The molecule has 17 heavy (non-hydrogen) atoms. The maximum Gasteiger partial charge on any atom is 0.248 e. The second kappa shape index (κ2) is 3.79. The second-order valence-corrected chi connectivity index (χ2v) is 6.38. The van der Waals surface area contributed by atoms with Gasteiger partial charge in [-0.3, -0.25) is 0 Å². The minimum absolute atomic E-state index is 0.121. The summed E-state index contributed by atoms with van der Waals surface area (Å²) in [4.78, 5) is 0.121. The minimum atomic E-state index is -3.58. The van der Waals surface area contributed by atoms with Gasteiger partial charge in [-0.2, -0.15) is 4.31 Å². The van der Waals surface area contributed by atoms with Gasteiger partial charge in [0.25, 0.3) is 0 Å². The number of β-amino-alcohol motifs (C(OH)–C–C–N with tert-alkyl or cyclic N) is 1. The van der Waals surface area contributed by atoms with Crippen LogP contribution in [-0.2, 0) is 10.0 Å². The second-order valence-electron chi connectivity index (χ2n) is 4.50. The molecule has 0 unspecified atom stereocenters. The molecule has 6 nitrogen and oxygen atoms in total. The molecular weight excluding hydrogens is 244 g/mol. The highest BCUT2D eigenvalue weighted by atomic mass is 32.2. The van der Waals surface area contributed by atoms with Crippen molar-refractivity contribution in [3.8, 4) is 0 Å². The van der Waals surface area contributed by atoms with Gasteiger partial charge in [-0.05, 0) is 20.3 Å². The van der Waals surface area contributed by atoms with Crippen molar-refractivity contribution in [2.45, 2.75) is 37.7 Å². The summed E-state index contributed by atoms with van der Waals surface area (Å²) in [6, 6.07) is 0. The van der Waals surface area contributed by atoms with E-state index in [9.17, 15) is 13.5 Å². The fourth-order valence-corrected chi connectivity index (χ4v) is 3.87. The molecule has 0 atom stereocenters. The van der Waals surface area contributed by atoms with Crippen LogP contribution in [0.15, 0.2) is 9.42 Å². The van der Waals surface area contributed by atoms with E-state index in [0.29, 0.717) is 12.1 Å². The lowest BCUT2D eigenvalue weighted by atomic mass is 9.94. The van der Waals surface area contributed by atoms with Crippen molar-refractivity contribution in [1.29, 1.82) is 0 Å². The van der Waals surface area contributed by atoms with E-state index in [4.69, 9.17) is 4.52 Å². The summed E-state index contributed by atoms with van der Waals surface area (Å²) in [5, 5.41) is 13.5. The number of hydrogen-bond donors (Lipinski definition) is 1. The van der Waals surface area contributed by atoms with E-state index in [1.54, 1.807) is 13.8 Å². The van der Waals surface area contributed by atoms with E-state index < -0.39 is 15.6 Å². The van der Waals surface area contributed by atoms with E-state index in [0.717, 1.165) is 0 Å². The maximum absolute atomic E-state index is 12.2. The Balaban J connectivity index is 2.29. The summed E-state index contributed by atoms with van der Waals surface area (Å²) in [6.07, 6.45) is 0.542. The fourth-order valence-electron chi connectivity index (χ4n) is 1.98. The smallest absolute Gasteiger partial charge is 0.248 e. The molecule has 1 fully saturated rings. The van der Waals surface area contributed by atoms with Gasteiger partial charge in [0.05, 0.1) is 5.60 Å². The molecule has 96 valence electrons. The van der Waals surface area contributed by atoms with Crippen LogP contribution >= 0.6 is 0 Å². The Hall–Kier alpha value is -0.920. The van der Waals surface area contributed by atoms with Crippen molar-refractivity contribution in [2.24, 2.45) is 0 Å². The van der Waals surface area contributed by atoms with Gasteiger partial charge in [0.2, 0.25) is 10.0 Å². The first-order chi connectivity index (χ1) is 7.80. The topological polar surface area (TPSA) is 83.6 Å². The van der Waals surface area contributed by atoms with Crippen molar-refractivity contribution in [3.63, 3.8) is 0 Å². The van der Waals surface area contributed by atoms with Crippen LogP contribution in [0.25, 0.3) is 0 Å². The monoisotopic (exact) mass is 260 g/mol. The van der Waals surface area contributed by atoms with Gasteiger partial charge < -0.3 is 9.63 Å². The van der Waals surface area contributed by atoms with Crippen LogP contribution in [0.3, 0.4) is 0 Å². The van der Waals surface area contributed by atoms with E-state index in [1.165, 1.54) is 4.31 Å². The Morgan fingerprint density at radius 2 is 2.06 bits per heavy atom. The van der Waals surface area contributed by atoms with Crippen molar-refractivity contribution in [2.75, 3.05) is 13.1 Å². The zero-order valence-electron chi connectivity index (χ0n) is 10.1. The highest BCUT2D eigenvalue weighted by Crippen LogP contribution is 2.32. The van der Waals surface area contributed by atoms with E-state index in [2.05, 4.69) is 5.16 Å². The van der Waals surface area contributed by atoms with E-state index in [1.807, 2.05) is 6.92 Å². The van der Waals surface area contributed by atoms with Gasteiger partial charge in [0.1, 0.15) is 10.6 Å². The van der Waals surface area contributed by atoms with Crippen LogP contribution in [0.1, 0.15) is 24.8 Å². The number of sulfonamides is 1. The van der Waals surface area contributed by atoms with E-state index >= 15 is 0 Å². The highest BCUT2D eigenvalue weighted by molar-refractivity contribution is 7.89. The lowest BCUT2D eigenvalue weighted by molar-refractivity contribution is -0.0613. The number of nitrogens with zero attached hydrogens (tertiary/aromatic N) is 2. The molecule has 1 N–H and O–H groups in total. The molecule has 1 aliphatic heterocycles. The molecule has 2 rings (SSSR count). The molecule has 1 aromatic heterocycles. The van der Waals surface area contributed by atoms with Gasteiger partial charge in [-0.15, -0.1) is 0 Å². The Morgan fingerprint density at radius 1 is 1.47 bits per heavy atom.